The fourth-order valence-corrected chi connectivity index (χ4v) is 6.17. The van der Waals surface area contributed by atoms with Gasteiger partial charge < -0.3 is 14.3 Å². The molecule has 0 saturated heterocycles. The summed E-state index contributed by atoms with van der Waals surface area (Å²) in [5.74, 6) is -3.29. The van der Waals surface area contributed by atoms with Gasteiger partial charge >= 0.3 is 5.76 Å². The molecule has 2 heterocycles. The maximum atomic E-state index is 14.4. The maximum Gasteiger partial charge on any atom is 0.434 e. The number of hydrogen-bond donors (Lipinski definition) is 3. The van der Waals surface area contributed by atoms with E-state index in [2.05, 4.69) is 14.9 Å². The van der Waals surface area contributed by atoms with Gasteiger partial charge in [0.25, 0.3) is 0 Å². The zero-order valence-corrected chi connectivity index (χ0v) is 20.7. The second-order valence-electron chi connectivity index (χ2n) is 8.12. The zero-order chi connectivity index (χ0) is 28.2. The van der Waals surface area contributed by atoms with Crippen LogP contribution in [0.25, 0.3) is 0 Å². The molecule has 0 aliphatic carbocycles. The minimum atomic E-state index is -4.62. The van der Waals surface area contributed by atoms with Crippen LogP contribution in [0.1, 0.15) is 58.8 Å². The number of aliphatic hydroxyl groups is 1. The molecule has 35 heavy (non-hydrogen) atoms. The number of aromatic nitrogens is 2. The third kappa shape index (κ3) is 4.70. The molecule has 1 aliphatic heterocycles. The smallest absolute Gasteiger partial charge is 0.434 e. The molecule has 0 bridgehead atoms. The Bertz CT molecular complexity index is 1560. The summed E-state index contributed by atoms with van der Waals surface area (Å²) in [7, 11) is -4.62. The molecular formula is C22H22Cl2FN3O6S. The molecule has 0 saturated carbocycles. The number of benzene rings is 2. The molecule has 0 radical (unpaired) electrons. The van der Waals surface area contributed by atoms with Gasteiger partial charge in [0.1, 0.15) is 22.5 Å². The largest absolute Gasteiger partial charge is 0.492 e. The molecule has 1 unspecified atom stereocenters. The normalized spacial score (nSPS) is 21.3. The number of H-pyrrole nitrogens is 1. The van der Waals surface area contributed by atoms with Crippen LogP contribution in [0.4, 0.5) is 4.39 Å². The van der Waals surface area contributed by atoms with E-state index in [9.17, 15) is 22.7 Å². The average Bonchev–Trinajstić information content (AvgIpc) is 3.25. The van der Waals surface area contributed by atoms with Crippen molar-refractivity contribution in [3.63, 3.8) is 0 Å². The summed E-state index contributed by atoms with van der Waals surface area (Å²) in [5, 5.41) is 16.8. The van der Waals surface area contributed by atoms with Crippen LogP contribution in [-0.2, 0) is 15.6 Å². The van der Waals surface area contributed by atoms with E-state index < -0.39 is 62.2 Å². The SMILES string of the molecule is [2H]C([2H])([2H])C1(O)CCOc2c(S(=O)(=O)N[C@H](c3n[nH]c(=O)o3)[C@H](C)c3c(Cl)ccc(F)c3C)ccc(Cl)c21. The van der Waals surface area contributed by atoms with E-state index in [-0.39, 0.29) is 40.1 Å². The van der Waals surface area contributed by atoms with Crippen molar-refractivity contribution in [1.82, 2.24) is 14.9 Å². The third-order valence-corrected chi connectivity index (χ3v) is 7.95. The molecule has 188 valence electrons. The Morgan fingerprint density at radius 2 is 2.03 bits per heavy atom. The quantitative estimate of drug-likeness (QED) is 0.424. The Hall–Kier alpha value is -2.44. The Morgan fingerprint density at radius 1 is 1.31 bits per heavy atom. The van der Waals surface area contributed by atoms with Crippen molar-refractivity contribution in [3.05, 3.63) is 73.3 Å². The zero-order valence-electron chi connectivity index (χ0n) is 21.4. The average molecular weight is 549 g/mol. The highest BCUT2D eigenvalue weighted by Gasteiger charge is 2.39. The van der Waals surface area contributed by atoms with Crippen molar-refractivity contribution in [1.29, 1.82) is 0 Å². The van der Waals surface area contributed by atoms with Gasteiger partial charge in [-0.25, -0.2) is 22.7 Å². The highest BCUT2D eigenvalue weighted by atomic mass is 35.5. The molecule has 2 aromatic carbocycles. The molecule has 3 atom stereocenters. The number of fused-ring (bicyclic) bond motifs is 1. The Labute approximate surface area is 214 Å². The van der Waals surface area contributed by atoms with Gasteiger partial charge in [-0.15, -0.1) is 5.10 Å². The highest BCUT2D eigenvalue weighted by molar-refractivity contribution is 7.89. The topological polar surface area (TPSA) is 135 Å². The molecule has 0 spiro atoms. The predicted molar refractivity (Wildman–Crippen MR) is 126 cm³/mol. The number of nitrogens with one attached hydrogen (secondary N) is 2. The minimum absolute atomic E-state index is 0.133. The van der Waals surface area contributed by atoms with Crippen LogP contribution in [0.15, 0.2) is 38.4 Å². The second-order valence-corrected chi connectivity index (χ2v) is 10.6. The number of hydrogen-bond acceptors (Lipinski definition) is 7. The monoisotopic (exact) mass is 548 g/mol. The molecule has 3 N–H and O–H groups in total. The van der Waals surface area contributed by atoms with E-state index in [0.29, 0.717) is 0 Å². The molecule has 3 aromatic rings. The second kappa shape index (κ2) is 9.21. The van der Waals surface area contributed by atoms with Crippen LogP contribution in [0, 0.1) is 12.7 Å². The molecule has 13 heteroatoms. The van der Waals surface area contributed by atoms with Gasteiger partial charge in [0.05, 0.1) is 17.2 Å². The van der Waals surface area contributed by atoms with E-state index in [1.54, 1.807) is 0 Å². The molecule has 4 rings (SSSR count). The number of halogens is 3. The van der Waals surface area contributed by atoms with Gasteiger partial charge in [-0.1, -0.05) is 30.1 Å². The van der Waals surface area contributed by atoms with Crippen molar-refractivity contribution in [3.8, 4) is 5.75 Å². The van der Waals surface area contributed by atoms with Crippen LogP contribution < -0.4 is 15.2 Å². The number of rotatable bonds is 6. The standard InChI is InChI=1S/C22H22Cl2FN3O6S/c1-10-14(25)6-4-12(23)16(10)11(2)18(20-26-27-21(29)34-20)28-35(31,32)15-7-5-13(24)17-19(15)33-9-8-22(17,3)30/h4-7,11,18,28,30H,8-9H2,1-3H3,(H,27,29)/t11-,18+,22?/m1/s1/i3D3. The van der Waals surface area contributed by atoms with Crippen LogP contribution in [-0.4, -0.2) is 30.3 Å². The summed E-state index contributed by atoms with van der Waals surface area (Å²) >= 11 is 12.5. The Kier molecular flexibility index (Phi) is 5.74. The van der Waals surface area contributed by atoms with Gasteiger partial charge in [-0.05, 0) is 49.2 Å². The van der Waals surface area contributed by atoms with Crippen molar-refractivity contribution < 1.29 is 31.2 Å². The van der Waals surface area contributed by atoms with Crippen molar-refractivity contribution >= 4 is 33.2 Å². The van der Waals surface area contributed by atoms with E-state index in [1.165, 1.54) is 19.9 Å². The summed E-state index contributed by atoms with van der Waals surface area (Å²) in [4.78, 5) is 11.2. The molecule has 1 aliphatic rings. The maximum absolute atomic E-state index is 14.4. The van der Waals surface area contributed by atoms with Gasteiger partial charge in [-0.3, -0.25) is 0 Å². The molecule has 0 fully saturated rings. The molecule has 0 amide bonds. The van der Waals surface area contributed by atoms with Crippen molar-refractivity contribution in [2.45, 2.75) is 49.6 Å². The first kappa shape index (κ1) is 21.8. The highest BCUT2D eigenvalue weighted by Crippen LogP contribution is 2.45. The van der Waals surface area contributed by atoms with Crippen molar-refractivity contribution in [2.24, 2.45) is 0 Å². The van der Waals surface area contributed by atoms with Gasteiger partial charge in [0, 0.05) is 27.0 Å². The first-order valence-electron chi connectivity index (χ1n) is 11.8. The first-order valence-corrected chi connectivity index (χ1v) is 12.5. The number of sulfonamides is 1. The van der Waals surface area contributed by atoms with Gasteiger partial charge in [-0.2, -0.15) is 4.72 Å². The number of nitrogens with zero attached hydrogens (tertiary/aromatic N) is 1. The Balaban J connectivity index is 1.86. The predicted octanol–water partition coefficient (Wildman–Crippen LogP) is 3.93. The lowest BCUT2D eigenvalue weighted by Crippen LogP contribution is -2.35. The molecular weight excluding hydrogens is 524 g/mol. The molecule has 1 aromatic heterocycles. The fourth-order valence-electron chi connectivity index (χ4n) is 4.07. The summed E-state index contributed by atoms with van der Waals surface area (Å²) in [6.07, 6.45) is -0.359. The first-order chi connectivity index (χ1) is 17.6. The van der Waals surface area contributed by atoms with Crippen LogP contribution in [0.5, 0.6) is 5.75 Å². The Morgan fingerprint density at radius 3 is 2.69 bits per heavy atom. The molecule has 9 nitrogen and oxygen atoms in total. The van der Waals surface area contributed by atoms with E-state index in [0.717, 1.165) is 18.2 Å². The van der Waals surface area contributed by atoms with Crippen molar-refractivity contribution in [2.75, 3.05) is 6.61 Å². The lowest BCUT2D eigenvalue weighted by Gasteiger charge is -2.33. The minimum Gasteiger partial charge on any atom is -0.492 e. The number of ether oxygens (including phenoxy) is 1. The van der Waals surface area contributed by atoms with Crippen LogP contribution >= 0.6 is 23.2 Å². The summed E-state index contributed by atoms with van der Waals surface area (Å²) < 4.78 is 78.2. The lowest BCUT2D eigenvalue weighted by molar-refractivity contribution is 0.0135. The third-order valence-electron chi connectivity index (χ3n) is 5.84. The van der Waals surface area contributed by atoms with Gasteiger partial charge in [0.15, 0.2) is 0 Å². The lowest BCUT2D eigenvalue weighted by atomic mass is 9.90. The van der Waals surface area contributed by atoms with E-state index in [1.807, 2.05) is 0 Å². The van der Waals surface area contributed by atoms with Crippen LogP contribution in [0.2, 0.25) is 10.0 Å². The van der Waals surface area contributed by atoms with Gasteiger partial charge in [0.2, 0.25) is 15.9 Å². The summed E-state index contributed by atoms with van der Waals surface area (Å²) in [5.41, 5.74) is -2.50. The van der Waals surface area contributed by atoms with E-state index in [4.69, 9.17) is 36.5 Å². The number of aromatic amines is 1. The fraction of sp³-hybridized carbons (Fsp3) is 0.364. The summed E-state index contributed by atoms with van der Waals surface area (Å²) in [6, 6.07) is 3.28. The van der Waals surface area contributed by atoms with Crippen LogP contribution in [0.3, 0.4) is 0 Å². The summed E-state index contributed by atoms with van der Waals surface area (Å²) in [6.45, 7) is -0.280. The van der Waals surface area contributed by atoms with E-state index >= 15 is 0 Å².